The monoisotopic (exact) mass is 223 g/mol. The van der Waals surface area contributed by atoms with Gasteiger partial charge in [0.15, 0.2) is 0 Å². The van der Waals surface area contributed by atoms with Gasteiger partial charge in [0.1, 0.15) is 6.61 Å². The van der Waals surface area contributed by atoms with Gasteiger partial charge in [-0.2, -0.15) is 0 Å². The van der Waals surface area contributed by atoms with Crippen LogP contribution in [0.5, 0.6) is 0 Å². The first-order valence-electron chi connectivity index (χ1n) is 4.71. The van der Waals surface area contributed by atoms with E-state index in [1.165, 1.54) is 11.3 Å². The molecule has 0 saturated heterocycles. The Morgan fingerprint density at radius 3 is 3.07 bits per heavy atom. The molecular weight excluding hydrogens is 210 g/mol. The fourth-order valence-electron chi connectivity index (χ4n) is 0.977. The molecule has 3 nitrogen and oxygen atoms in total. The number of hydrogen-bond acceptors (Lipinski definition) is 3. The molecule has 0 aliphatic heterocycles. The lowest BCUT2D eigenvalue weighted by Gasteiger charge is -1.99. The zero-order chi connectivity index (χ0) is 11.1. The van der Waals surface area contributed by atoms with E-state index in [4.69, 9.17) is 5.11 Å². The third kappa shape index (κ3) is 4.15. The van der Waals surface area contributed by atoms with Gasteiger partial charge < -0.3 is 10.4 Å². The van der Waals surface area contributed by atoms with Crippen LogP contribution in [-0.4, -0.2) is 17.6 Å². The molecule has 0 aliphatic carbocycles. The minimum atomic E-state index is -0.125. The molecule has 15 heavy (non-hydrogen) atoms. The molecule has 1 heterocycles. The Morgan fingerprint density at radius 1 is 1.60 bits per heavy atom. The Hall–Kier alpha value is -1.31. The number of nitrogens with one attached hydrogen (secondary N) is 1. The summed E-state index contributed by atoms with van der Waals surface area (Å²) >= 11 is 1.53. The van der Waals surface area contributed by atoms with Crippen LogP contribution in [0.3, 0.4) is 0 Å². The summed E-state index contributed by atoms with van der Waals surface area (Å²) in [5.74, 6) is 5.45. The second-order valence-electron chi connectivity index (χ2n) is 2.86. The first-order chi connectivity index (χ1) is 7.26. The summed E-state index contributed by atoms with van der Waals surface area (Å²) in [4.78, 5) is 13.0. The van der Waals surface area contributed by atoms with Crippen LogP contribution in [0.2, 0.25) is 0 Å². The number of aliphatic hydroxyl groups excluding tert-OH is 1. The highest BCUT2D eigenvalue weighted by Gasteiger charge is 2.00. The normalized spacial score (nSPS) is 9.20. The highest BCUT2D eigenvalue weighted by molar-refractivity contribution is 7.12. The van der Waals surface area contributed by atoms with Gasteiger partial charge in [0, 0.05) is 11.3 Å². The molecule has 0 bridgehead atoms. The van der Waals surface area contributed by atoms with Crippen molar-refractivity contribution < 1.29 is 9.90 Å². The van der Waals surface area contributed by atoms with Gasteiger partial charge in [0.25, 0.3) is 0 Å². The van der Waals surface area contributed by atoms with Crippen LogP contribution >= 0.6 is 11.3 Å². The van der Waals surface area contributed by atoms with Crippen molar-refractivity contribution in [3.8, 4) is 11.8 Å². The number of carbonyl (C=O) groups is 1. The van der Waals surface area contributed by atoms with Gasteiger partial charge in [0.2, 0.25) is 5.91 Å². The summed E-state index contributed by atoms with van der Waals surface area (Å²) in [5.41, 5.74) is 0. The average Bonchev–Trinajstić information content (AvgIpc) is 2.71. The molecule has 4 heteroatoms. The fraction of sp³-hybridized carbons (Fsp3) is 0.364. The topological polar surface area (TPSA) is 49.3 Å². The quantitative estimate of drug-likeness (QED) is 0.754. The van der Waals surface area contributed by atoms with E-state index in [0.717, 1.165) is 9.75 Å². The van der Waals surface area contributed by atoms with Crippen LogP contribution in [0.15, 0.2) is 12.1 Å². The highest BCUT2D eigenvalue weighted by atomic mass is 32.1. The van der Waals surface area contributed by atoms with E-state index in [0.29, 0.717) is 13.0 Å². The van der Waals surface area contributed by atoms with E-state index in [1.54, 1.807) is 0 Å². The maximum absolute atomic E-state index is 11.0. The molecule has 1 amide bonds. The zero-order valence-electron chi connectivity index (χ0n) is 8.54. The third-order valence-corrected chi connectivity index (χ3v) is 2.73. The van der Waals surface area contributed by atoms with Crippen LogP contribution in [0.1, 0.15) is 23.1 Å². The van der Waals surface area contributed by atoms with Crippen LogP contribution in [0.4, 0.5) is 0 Å². The molecular formula is C11H13NO2S. The van der Waals surface area contributed by atoms with Crippen molar-refractivity contribution in [1.82, 2.24) is 5.32 Å². The zero-order valence-corrected chi connectivity index (χ0v) is 9.36. The smallest absolute Gasteiger partial charge is 0.220 e. The van der Waals surface area contributed by atoms with Crippen LogP contribution < -0.4 is 5.32 Å². The van der Waals surface area contributed by atoms with Crippen molar-refractivity contribution >= 4 is 17.2 Å². The lowest BCUT2D eigenvalue weighted by atomic mass is 10.4. The van der Waals surface area contributed by atoms with E-state index >= 15 is 0 Å². The molecule has 0 atom stereocenters. The largest absolute Gasteiger partial charge is 0.384 e. The number of thiophene rings is 1. The maximum atomic E-state index is 11.0. The van der Waals surface area contributed by atoms with Crippen LogP contribution in [0, 0.1) is 11.8 Å². The number of aliphatic hydroxyl groups is 1. The van der Waals surface area contributed by atoms with Crippen molar-refractivity contribution in [2.75, 3.05) is 6.61 Å². The molecule has 0 radical (unpaired) electrons. The summed E-state index contributed by atoms with van der Waals surface area (Å²) in [7, 11) is 0. The third-order valence-electron chi connectivity index (χ3n) is 1.73. The van der Waals surface area contributed by atoms with Gasteiger partial charge in [0.05, 0.1) is 11.4 Å². The second kappa shape index (κ2) is 6.23. The SMILES string of the molecule is CCC(=O)NCc1ccc(C#CCO)s1. The molecule has 0 aromatic carbocycles. The maximum Gasteiger partial charge on any atom is 0.220 e. The molecule has 2 N–H and O–H groups in total. The van der Waals surface area contributed by atoms with Gasteiger partial charge in [-0.05, 0) is 12.1 Å². The van der Waals surface area contributed by atoms with E-state index in [-0.39, 0.29) is 12.5 Å². The van der Waals surface area contributed by atoms with Crippen LogP contribution in [0.25, 0.3) is 0 Å². The molecule has 1 aromatic heterocycles. The predicted octanol–water partition coefficient (Wildman–Crippen LogP) is 1.12. The average molecular weight is 223 g/mol. The summed E-state index contributed by atoms with van der Waals surface area (Å²) < 4.78 is 0. The lowest BCUT2D eigenvalue weighted by Crippen LogP contribution is -2.20. The molecule has 0 aliphatic rings. The second-order valence-corrected chi connectivity index (χ2v) is 4.02. The van der Waals surface area contributed by atoms with E-state index in [1.807, 2.05) is 19.1 Å². The van der Waals surface area contributed by atoms with Gasteiger partial charge in [-0.3, -0.25) is 4.79 Å². The van der Waals surface area contributed by atoms with Crippen molar-refractivity contribution in [2.45, 2.75) is 19.9 Å². The fourth-order valence-corrected chi connectivity index (χ4v) is 1.80. The van der Waals surface area contributed by atoms with Gasteiger partial charge in [-0.15, -0.1) is 11.3 Å². The number of amides is 1. The standard InChI is InChI=1S/C11H13NO2S/c1-2-11(14)12-8-10-6-5-9(15-10)4-3-7-13/h5-6,13H,2,7-8H2,1H3,(H,12,14). The number of carbonyl (C=O) groups excluding carboxylic acids is 1. The molecule has 1 aromatic rings. The first kappa shape index (κ1) is 11.8. The van der Waals surface area contributed by atoms with E-state index in [2.05, 4.69) is 17.2 Å². The highest BCUT2D eigenvalue weighted by Crippen LogP contribution is 2.14. The first-order valence-corrected chi connectivity index (χ1v) is 5.53. The Balaban J connectivity index is 2.49. The van der Waals surface area contributed by atoms with Crippen LogP contribution in [-0.2, 0) is 11.3 Å². The summed E-state index contributed by atoms with van der Waals surface area (Å²) in [6.45, 7) is 2.25. The Morgan fingerprint density at radius 2 is 2.40 bits per heavy atom. The van der Waals surface area contributed by atoms with Gasteiger partial charge in [-0.25, -0.2) is 0 Å². The Bertz CT molecular complexity index is 387. The summed E-state index contributed by atoms with van der Waals surface area (Å²) in [6.07, 6.45) is 0.503. The Kier molecular flexibility index (Phi) is 4.88. The molecule has 1 rings (SSSR count). The molecule has 0 saturated carbocycles. The Labute approximate surface area is 93.1 Å². The number of rotatable bonds is 3. The molecule has 0 unspecified atom stereocenters. The van der Waals surface area contributed by atoms with E-state index < -0.39 is 0 Å². The summed E-state index contributed by atoms with van der Waals surface area (Å²) in [5, 5.41) is 11.3. The van der Waals surface area contributed by atoms with Crippen molar-refractivity contribution in [2.24, 2.45) is 0 Å². The molecule has 0 spiro atoms. The van der Waals surface area contributed by atoms with Crippen molar-refractivity contribution in [3.63, 3.8) is 0 Å². The predicted molar refractivity (Wildman–Crippen MR) is 60.4 cm³/mol. The summed E-state index contributed by atoms with van der Waals surface area (Å²) in [6, 6.07) is 3.82. The minimum Gasteiger partial charge on any atom is -0.384 e. The van der Waals surface area contributed by atoms with Crippen molar-refractivity contribution in [3.05, 3.63) is 21.9 Å². The molecule has 0 fully saturated rings. The van der Waals surface area contributed by atoms with Gasteiger partial charge in [-0.1, -0.05) is 18.8 Å². The van der Waals surface area contributed by atoms with Gasteiger partial charge >= 0.3 is 0 Å². The minimum absolute atomic E-state index is 0.0476. The number of hydrogen-bond donors (Lipinski definition) is 2. The lowest BCUT2D eigenvalue weighted by molar-refractivity contribution is -0.120. The van der Waals surface area contributed by atoms with Crippen molar-refractivity contribution in [1.29, 1.82) is 0 Å². The molecule has 80 valence electrons. The van der Waals surface area contributed by atoms with E-state index in [9.17, 15) is 4.79 Å².